The molecule has 1 aliphatic rings. The van der Waals surface area contributed by atoms with Gasteiger partial charge in [-0.2, -0.15) is 5.10 Å². The number of pyridine rings is 1. The van der Waals surface area contributed by atoms with Crippen LogP contribution < -0.4 is 5.43 Å². The fraction of sp³-hybridized carbons (Fsp3) is 0.150. The van der Waals surface area contributed by atoms with Gasteiger partial charge in [-0.25, -0.2) is 9.82 Å². The monoisotopic (exact) mass is 333 g/mol. The zero-order valence-electron chi connectivity index (χ0n) is 13.4. The molecule has 0 unspecified atom stereocenters. The maximum absolute atomic E-state index is 12.9. The van der Waals surface area contributed by atoms with Gasteiger partial charge in [0.25, 0.3) is 5.91 Å². The summed E-state index contributed by atoms with van der Waals surface area (Å²) in [7, 11) is 0. The van der Waals surface area contributed by atoms with Crippen molar-refractivity contribution < 1.29 is 9.18 Å². The van der Waals surface area contributed by atoms with Crippen LogP contribution in [0.15, 0.2) is 59.7 Å². The molecule has 4 rings (SSSR count). The summed E-state index contributed by atoms with van der Waals surface area (Å²) in [6.45, 7) is 0. The molecule has 1 N–H and O–H groups in total. The van der Waals surface area contributed by atoms with Crippen LogP contribution in [-0.2, 0) is 0 Å². The number of hydrazone groups is 1. The molecule has 0 radical (unpaired) electrons. The molecule has 0 bridgehead atoms. The minimum absolute atomic E-state index is 0.279. The summed E-state index contributed by atoms with van der Waals surface area (Å²) >= 11 is 0. The van der Waals surface area contributed by atoms with Gasteiger partial charge in [0.1, 0.15) is 5.82 Å². The average Bonchev–Trinajstić information content (AvgIpc) is 3.47. The Balaban J connectivity index is 1.59. The Morgan fingerprint density at radius 3 is 2.68 bits per heavy atom. The van der Waals surface area contributed by atoms with Gasteiger partial charge < -0.3 is 0 Å². The van der Waals surface area contributed by atoms with E-state index in [1.54, 1.807) is 12.1 Å². The van der Waals surface area contributed by atoms with Crippen LogP contribution in [0.3, 0.4) is 0 Å². The van der Waals surface area contributed by atoms with E-state index in [9.17, 15) is 9.18 Å². The number of amides is 1. The maximum atomic E-state index is 12.9. The van der Waals surface area contributed by atoms with Crippen molar-refractivity contribution in [3.8, 4) is 0 Å². The van der Waals surface area contributed by atoms with Gasteiger partial charge in [0.15, 0.2) is 0 Å². The third-order valence-corrected chi connectivity index (χ3v) is 4.23. The Morgan fingerprint density at radius 1 is 1.16 bits per heavy atom. The van der Waals surface area contributed by atoms with Crippen LogP contribution in [0.5, 0.6) is 0 Å². The molecule has 0 spiro atoms. The molecule has 0 aliphatic heterocycles. The molecule has 1 saturated carbocycles. The molecule has 0 atom stereocenters. The third-order valence-electron chi connectivity index (χ3n) is 4.23. The molecule has 124 valence electrons. The molecule has 25 heavy (non-hydrogen) atoms. The molecular weight excluding hydrogens is 317 g/mol. The molecule has 1 fully saturated rings. The van der Waals surface area contributed by atoms with Crippen molar-refractivity contribution in [1.29, 1.82) is 0 Å². The summed E-state index contributed by atoms with van der Waals surface area (Å²) in [5.41, 5.74) is 5.61. The fourth-order valence-electron chi connectivity index (χ4n) is 2.75. The zero-order valence-corrected chi connectivity index (χ0v) is 13.4. The number of carbonyl (C=O) groups excluding carboxylic acids is 1. The Morgan fingerprint density at radius 2 is 1.92 bits per heavy atom. The minimum Gasteiger partial charge on any atom is -0.267 e. The van der Waals surface area contributed by atoms with Gasteiger partial charge in [-0.3, -0.25) is 9.78 Å². The molecule has 1 aromatic heterocycles. The fourth-order valence-corrected chi connectivity index (χ4v) is 2.75. The number of rotatable bonds is 4. The van der Waals surface area contributed by atoms with Gasteiger partial charge in [0.05, 0.1) is 17.3 Å². The van der Waals surface area contributed by atoms with Crippen LogP contribution in [0.1, 0.15) is 40.4 Å². The molecule has 4 nitrogen and oxygen atoms in total. The Bertz CT molecular complexity index is 962. The summed E-state index contributed by atoms with van der Waals surface area (Å²) in [4.78, 5) is 17.2. The smallest absolute Gasteiger partial charge is 0.267 e. The van der Waals surface area contributed by atoms with E-state index in [0.29, 0.717) is 17.0 Å². The summed E-state index contributed by atoms with van der Waals surface area (Å²) in [5, 5.41) is 4.78. The largest absolute Gasteiger partial charge is 0.272 e. The van der Waals surface area contributed by atoms with Gasteiger partial charge in [-0.1, -0.05) is 30.3 Å². The van der Waals surface area contributed by atoms with Crippen LogP contribution in [0.25, 0.3) is 10.9 Å². The van der Waals surface area contributed by atoms with E-state index in [0.717, 1.165) is 29.4 Å². The number of hydrogen-bond donors (Lipinski definition) is 1. The maximum Gasteiger partial charge on any atom is 0.272 e. The first-order valence-electron chi connectivity index (χ1n) is 8.19. The molecule has 1 heterocycles. The van der Waals surface area contributed by atoms with Gasteiger partial charge >= 0.3 is 0 Å². The van der Waals surface area contributed by atoms with Gasteiger partial charge in [0, 0.05) is 17.0 Å². The molecule has 1 amide bonds. The van der Waals surface area contributed by atoms with E-state index in [1.165, 1.54) is 18.3 Å². The second-order valence-corrected chi connectivity index (χ2v) is 6.14. The van der Waals surface area contributed by atoms with Crippen LogP contribution in [0.4, 0.5) is 4.39 Å². The highest BCUT2D eigenvalue weighted by Gasteiger charge is 2.26. The van der Waals surface area contributed by atoms with E-state index in [-0.39, 0.29) is 11.7 Å². The minimum atomic E-state index is -0.308. The lowest BCUT2D eigenvalue weighted by Crippen LogP contribution is -2.18. The van der Waals surface area contributed by atoms with Crippen molar-refractivity contribution in [3.63, 3.8) is 0 Å². The first-order valence-corrected chi connectivity index (χ1v) is 8.19. The van der Waals surface area contributed by atoms with E-state index in [1.807, 2.05) is 30.3 Å². The van der Waals surface area contributed by atoms with Crippen LogP contribution in [0, 0.1) is 5.82 Å². The molecule has 0 saturated heterocycles. The van der Waals surface area contributed by atoms with Crippen molar-refractivity contribution in [2.75, 3.05) is 0 Å². The van der Waals surface area contributed by atoms with Gasteiger partial charge in [0.2, 0.25) is 0 Å². The Kier molecular flexibility index (Phi) is 3.98. The first kappa shape index (κ1) is 15.4. The number of nitrogens with zero attached hydrogens (tertiary/aromatic N) is 2. The highest BCUT2D eigenvalue weighted by atomic mass is 19.1. The standard InChI is InChI=1S/C20H16FN3O/c21-15-9-5-13(6-10-15)12-22-24-20(25)17-11-19(14-7-8-14)23-18-4-2-1-3-16(17)18/h1-6,9-12,14H,7-8H2,(H,24,25)/b22-12-. The van der Waals surface area contributed by atoms with Crippen molar-refractivity contribution in [2.45, 2.75) is 18.8 Å². The predicted octanol–water partition coefficient (Wildman–Crippen LogP) is 4.02. The third kappa shape index (κ3) is 3.40. The topological polar surface area (TPSA) is 54.4 Å². The molecule has 1 aliphatic carbocycles. The number of halogens is 1. The molecule has 5 heteroatoms. The number of fused-ring (bicyclic) bond motifs is 1. The second-order valence-electron chi connectivity index (χ2n) is 6.14. The summed E-state index contributed by atoms with van der Waals surface area (Å²) in [5.74, 6) is -0.130. The number of hydrogen-bond acceptors (Lipinski definition) is 3. The lowest BCUT2D eigenvalue weighted by atomic mass is 10.1. The quantitative estimate of drug-likeness (QED) is 0.579. The van der Waals surface area contributed by atoms with E-state index < -0.39 is 0 Å². The van der Waals surface area contributed by atoms with Crippen molar-refractivity contribution in [1.82, 2.24) is 10.4 Å². The van der Waals surface area contributed by atoms with Crippen LogP contribution in [0.2, 0.25) is 0 Å². The highest BCUT2D eigenvalue weighted by Crippen LogP contribution is 2.40. The average molecular weight is 333 g/mol. The second kappa shape index (κ2) is 6.43. The number of nitrogens with one attached hydrogen (secondary N) is 1. The summed E-state index contributed by atoms with van der Waals surface area (Å²) < 4.78 is 12.9. The normalized spacial score (nSPS) is 14.1. The van der Waals surface area contributed by atoms with Crippen molar-refractivity contribution in [2.24, 2.45) is 5.10 Å². The van der Waals surface area contributed by atoms with Crippen molar-refractivity contribution >= 4 is 23.0 Å². The van der Waals surface area contributed by atoms with Crippen LogP contribution in [-0.4, -0.2) is 17.1 Å². The number of benzene rings is 2. The number of aromatic nitrogens is 1. The molecule has 3 aromatic rings. The lowest BCUT2D eigenvalue weighted by molar-refractivity contribution is 0.0956. The summed E-state index contributed by atoms with van der Waals surface area (Å²) in [6.07, 6.45) is 3.73. The predicted molar refractivity (Wildman–Crippen MR) is 95.2 cm³/mol. The SMILES string of the molecule is O=C(N/N=C\c1ccc(F)cc1)c1cc(C2CC2)nc2ccccc12. The van der Waals surface area contributed by atoms with Crippen molar-refractivity contribution in [3.05, 3.63) is 77.2 Å². The Labute approximate surface area is 144 Å². The number of carbonyl (C=O) groups is 1. The molecule has 2 aromatic carbocycles. The van der Waals surface area contributed by atoms with Gasteiger partial charge in [-0.05, 0) is 42.7 Å². The molecular formula is C20H16FN3O. The number of para-hydroxylation sites is 1. The van der Waals surface area contributed by atoms with Crippen LogP contribution >= 0.6 is 0 Å². The van der Waals surface area contributed by atoms with E-state index >= 15 is 0 Å². The Hall–Kier alpha value is -3.08. The highest BCUT2D eigenvalue weighted by molar-refractivity contribution is 6.06. The van der Waals surface area contributed by atoms with E-state index in [4.69, 9.17) is 0 Å². The lowest BCUT2D eigenvalue weighted by Gasteiger charge is -2.08. The van der Waals surface area contributed by atoms with E-state index in [2.05, 4.69) is 15.5 Å². The van der Waals surface area contributed by atoms with Gasteiger partial charge in [-0.15, -0.1) is 0 Å². The first-order chi connectivity index (χ1) is 12.2. The zero-order chi connectivity index (χ0) is 17.2. The summed E-state index contributed by atoms with van der Waals surface area (Å²) in [6, 6.07) is 15.4.